The van der Waals surface area contributed by atoms with Crippen molar-refractivity contribution < 1.29 is 5.21 Å². The van der Waals surface area contributed by atoms with Crippen molar-refractivity contribution in [2.24, 2.45) is 16.8 Å². The molecular weight excluding hydrogens is 250 g/mol. The van der Waals surface area contributed by atoms with Gasteiger partial charge in [-0.2, -0.15) is 0 Å². The minimum atomic E-state index is 0.160. The van der Waals surface area contributed by atoms with Gasteiger partial charge in [-0.05, 0) is 43.0 Å². The van der Waals surface area contributed by atoms with Crippen molar-refractivity contribution in [3.05, 3.63) is 29.8 Å². The topological polar surface area (TPSA) is 61.8 Å². The maximum atomic E-state index is 8.71. The summed E-state index contributed by atoms with van der Waals surface area (Å²) in [6.07, 6.45) is 5.24. The molecule has 0 heterocycles. The van der Waals surface area contributed by atoms with E-state index in [0.29, 0.717) is 12.0 Å². The van der Waals surface area contributed by atoms with Crippen molar-refractivity contribution in [1.82, 2.24) is 0 Å². The average Bonchev–Trinajstić information content (AvgIpc) is 2.98. The summed E-state index contributed by atoms with van der Waals surface area (Å²) >= 11 is 0. The van der Waals surface area contributed by atoms with Gasteiger partial charge in [-0.25, -0.2) is 0 Å². The Bertz CT molecular complexity index is 447. The maximum absolute atomic E-state index is 8.71. The van der Waals surface area contributed by atoms with E-state index < -0.39 is 0 Å². The van der Waals surface area contributed by atoms with E-state index in [-0.39, 0.29) is 5.84 Å². The Balaban J connectivity index is 2.19. The van der Waals surface area contributed by atoms with Crippen molar-refractivity contribution in [1.29, 1.82) is 0 Å². The SMILES string of the molecule is CC(C)CN(c1ccc(/C(N)=N/O)cc1)C1CCCC1. The molecule has 4 nitrogen and oxygen atoms in total. The van der Waals surface area contributed by atoms with Gasteiger partial charge < -0.3 is 15.8 Å². The van der Waals surface area contributed by atoms with Crippen LogP contribution in [0.15, 0.2) is 29.4 Å². The highest BCUT2D eigenvalue weighted by Gasteiger charge is 2.23. The van der Waals surface area contributed by atoms with E-state index in [0.717, 1.165) is 12.1 Å². The summed E-state index contributed by atoms with van der Waals surface area (Å²) in [6.45, 7) is 5.59. The molecule has 4 heteroatoms. The van der Waals surface area contributed by atoms with Crippen LogP contribution in [0, 0.1) is 5.92 Å². The zero-order valence-electron chi connectivity index (χ0n) is 12.4. The highest BCUT2D eigenvalue weighted by molar-refractivity contribution is 5.97. The van der Waals surface area contributed by atoms with Crippen LogP contribution >= 0.6 is 0 Å². The number of hydrogen-bond acceptors (Lipinski definition) is 3. The molecule has 1 aromatic carbocycles. The lowest BCUT2D eigenvalue weighted by atomic mass is 10.1. The Labute approximate surface area is 121 Å². The third-order valence-electron chi connectivity index (χ3n) is 3.93. The quantitative estimate of drug-likeness (QED) is 0.375. The fraction of sp³-hybridized carbons (Fsp3) is 0.562. The van der Waals surface area contributed by atoms with E-state index in [1.165, 1.54) is 31.4 Å². The largest absolute Gasteiger partial charge is 0.409 e. The maximum Gasteiger partial charge on any atom is 0.170 e. The van der Waals surface area contributed by atoms with Crippen LogP contribution in [0.5, 0.6) is 0 Å². The zero-order valence-corrected chi connectivity index (χ0v) is 12.4. The summed E-state index contributed by atoms with van der Waals surface area (Å²) < 4.78 is 0. The van der Waals surface area contributed by atoms with E-state index in [4.69, 9.17) is 10.9 Å². The molecule has 1 aliphatic rings. The van der Waals surface area contributed by atoms with Crippen molar-refractivity contribution in [2.75, 3.05) is 11.4 Å². The summed E-state index contributed by atoms with van der Waals surface area (Å²) in [7, 11) is 0. The van der Waals surface area contributed by atoms with Crippen molar-refractivity contribution >= 4 is 11.5 Å². The Morgan fingerprint density at radius 3 is 2.40 bits per heavy atom. The normalized spacial score (nSPS) is 16.9. The zero-order chi connectivity index (χ0) is 14.5. The third-order valence-corrected chi connectivity index (χ3v) is 3.93. The number of anilines is 1. The number of nitrogens with zero attached hydrogens (tertiary/aromatic N) is 2. The van der Waals surface area contributed by atoms with E-state index in [9.17, 15) is 0 Å². The second-order valence-corrected chi connectivity index (χ2v) is 6.02. The smallest absolute Gasteiger partial charge is 0.170 e. The van der Waals surface area contributed by atoms with Gasteiger partial charge in [0.1, 0.15) is 0 Å². The lowest BCUT2D eigenvalue weighted by molar-refractivity contribution is 0.318. The molecule has 0 aromatic heterocycles. The number of oxime groups is 1. The van der Waals surface area contributed by atoms with E-state index in [1.807, 2.05) is 12.1 Å². The molecule has 1 saturated carbocycles. The first-order valence-corrected chi connectivity index (χ1v) is 7.46. The molecular formula is C16H25N3O. The molecule has 3 N–H and O–H groups in total. The summed E-state index contributed by atoms with van der Waals surface area (Å²) in [5.74, 6) is 0.798. The standard InChI is InChI=1S/C16H25N3O/c1-12(2)11-19(14-5-3-4-6-14)15-9-7-13(8-10-15)16(17)18-20/h7-10,12,14,20H,3-6,11H2,1-2H3,(H2,17,18). The molecule has 1 aliphatic carbocycles. The highest BCUT2D eigenvalue weighted by Crippen LogP contribution is 2.29. The van der Waals surface area contributed by atoms with Crippen molar-refractivity contribution in [2.45, 2.75) is 45.6 Å². The van der Waals surface area contributed by atoms with Crippen LogP contribution in [-0.4, -0.2) is 23.6 Å². The molecule has 1 fully saturated rings. The summed E-state index contributed by atoms with van der Waals surface area (Å²) in [5.41, 5.74) is 7.60. The Morgan fingerprint density at radius 1 is 1.30 bits per heavy atom. The Morgan fingerprint density at radius 2 is 1.90 bits per heavy atom. The van der Waals surface area contributed by atoms with Gasteiger partial charge in [-0.3, -0.25) is 0 Å². The van der Waals surface area contributed by atoms with Gasteiger partial charge in [0, 0.05) is 23.8 Å². The van der Waals surface area contributed by atoms with Gasteiger partial charge in [0.2, 0.25) is 0 Å². The fourth-order valence-corrected chi connectivity index (χ4v) is 2.96. The van der Waals surface area contributed by atoms with Crippen LogP contribution in [0.25, 0.3) is 0 Å². The highest BCUT2D eigenvalue weighted by atomic mass is 16.4. The van der Waals surface area contributed by atoms with E-state index in [1.54, 1.807) is 0 Å². The molecule has 0 bridgehead atoms. The second kappa shape index (κ2) is 6.64. The third kappa shape index (κ3) is 3.44. The predicted molar refractivity (Wildman–Crippen MR) is 83.4 cm³/mol. The van der Waals surface area contributed by atoms with Crippen LogP contribution < -0.4 is 10.6 Å². The van der Waals surface area contributed by atoms with Crippen LogP contribution in [0.2, 0.25) is 0 Å². The summed E-state index contributed by atoms with van der Waals surface area (Å²) in [5, 5.41) is 11.8. The van der Waals surface area contributed by atoms with E-state index >= 15 is 0 Å². The van der Waals surface area contributed by atoms with Crippen molar-refractivity contribution in [3.8, 4) is 0 Å². The monoisotopic (exact) mass is 275 g/mol. The Hall–Kier alpha value is -1.71. The predicted octanol–water partition coefficient (Wildman–Crippen LogP) is 3.19. The molecule has 1 aromatic rings. The lowest BCUT2D eigenvalue weighted by Crippen LogP contribution is -2.36. The van der Waals surface area contributed by atoms with Gasteiger partial charge >= 0.3 is 0 Å². The minimum absolute atomic E-state index is 0.160. The van der Waals surface area contributed by atoms with Gasteiger partial charge in [0.25, 0.3) is 0 Å². The molecule has 110 valence electrons. The van der Waals surface area contributed by atoms with Gasteiger partial charge in [-0.15, -0.1) is 0 Å². The first kappa shape index (κ1) is 14.7. The summed E-state index contributed by atoms with van der Waals surface area (Å²) in [6, 6.07) is 8.66. The molecule has 0 unspecified atom stereocenters. The number of amidine groups is 1. The fourth-order valence-electron chi connectivity index (χ4n) is 2.96. The Kier molecular flexibility index (Phi) is 4.88. The number of nitrogens with two attached hydrogens (primary N) is 1. The molecule has 0 spiro atoms. The first-order valence-electron chi connectivity index (χ1n) is 7.46. The first-order chi connectivity index (χ1) is 9.61. The van der Waals surface area contributed by atoms with Crippen LogP contribution in [0.1, 0.15) is 45.1 Å². The number of benzene rings is 1. The lowest BCUT2D eigenvalue weighted by Gasteiger charge is -2.33. The van der Waals surface area contributed by atoms with E-state index in [2.05, 4.69) is 36.0 Å². The second-order valence-electron chi connectivity index (χ2n) is 6.02. The minimum Gasteiger partial charge on any atom is -0.409 e. The molecule has 20 heavy (non-hydrogen) atoms. The average molecular weight is 275 g/mol. The van der Waals surface area contributed by atoms with Crippen LogP contribution in [0.4, 0.5) is 5.69 Å². The number of rotatable bonds is 5. The molecule has 0 radical (unpaired) electrons. The van der Waals surface area contributed by atoms with Crippen molar-refractivity contribution in [3.63, 3.8) is 0 Å². The van der Waals surface area contributed by atoms with Crippen LogP contribution in [-0.2, 0) is 0 Å². The van der Waals surface area contributed by atoms with Gasteiger partial charge in [0.05, 0.1) is 0 Å². The molecule has 0 atom stereocenters. The summed E-state index contributed by atoms with van der Waals surface area (Å²) in [4.78, 5) is 2.52. The van der Waals surface area contributed by atoms with Crippen LogP contribution in [0.3, 0.4) is 0 Å². The molecule has 2 rings (SSSR count). The van der Waals surface area contributed by atoms with Gasteiger partial charge in [0.15, 0.2) is 5.84 Å². The number of hydrogen-bond donors (Lipinski definition) is 2. The molecule has 0 amide bonds. The molecule has 0 saturated heterocycles. The van der Waals surface area contributed by atoms with Gasteiger partial charge in [-0.1, -0.05) is 31.8 Å². The molecule has 0 aliphatic heterocycles.